The Hall–Kier alpha value is -1.40. The number of hydrogen-bond acceptors (Lipinski definition) is 4. The molecule has 0 aliphatic heterocycles. The van der Waals surface area contributed by atoms with Crippen LogP contribution in [0.1, 0.15) is 29.9 Å². The molecule has 1 rings (SSSR count). The van der Waals surface area contributed by atoms with Gasteiger partial charge in [0.15, 0.2) is 0 Å². The lowest BCUT2D eigenvalue weighted by Crippen LogP contribution is -2.27. The second-order valence-corrected chi connectivity index (χ2v) is 5.26. The molecule has 0 bridgehead atoms. The molecule has 0 fully saturated rings. The highest BCUT2D eigenvalue weighted by Crippen LogP contribution is 2.21. The molecule has 1 atom stereocenters. The van der Waals surface area contributed by atoms with Crippen LogP contribution in [0.2, 0.25) is 0 Å². The Morgan fingerprint density at radius 3 is 2.78 bits per heavy atom. The third-order valence-electron chi connectivity index (χ3n) is 2.36. The number of carbonyl (C=O) groups is 2. The predicted octanol–water partition coefficient (Wildman–Crippen LogP) is 1.45. The third kappa shape index (κ3) is 4.85. The lowest BCUT2D eigenvalue weighted by Gasteiger charge is -2.10. The summed E-state index contributed by atoms with van der Waals surface area (Å²) in [6.07, 6.45) is 0.669. The molecule has 1 aromatic rings. The number of hydrogen-bond donors (Lipinski definition) is 3. The molecule has 1 aromatic heterocycles. The second-order valence-electron chi connectivity index (χ2n) is 4.17. The van der Waals surface area contributed by atoms with Crippen molar-refractivity contribution in [1.82, 2.24) is 5.32 Å². The molecule has 2 amide bonds. The number of anilines is 1. The summed E-state index contributed by atoms with van der Waals surface area (Å²) < 4.78 is 0. The molecule has 100 valence electrons. The minimum Gasteiger partial charge on any atom is -0.396 e. The van der Waals surface area contributed by atoms with Crippen LogP contribution in [0.25, 0.3) is 0 Å². The van der Waals surface area contributed by atoms with Crippen LogP contribution in [-0.2, 0) is 4.79 Å². The van der Waals surface area contributed by atoms with Gasteiger partial charge in [-0.25, -0.2) is 0 Å². The molecule has 18 heavy (non-hydrogen) atoms. The van der Waals surface area contributed by atoms with Crippen LogP contribution in [0.5, 0.6) is 0 Å². The largest absolute Gasteiger partial charge is 0.396 e. The summed E-state index contributed by atoms with van der Waals surface area (Å²) in [4.78, 5) is 23.2. The summed E-state index contributed by atoms with van der Waals surface area (Å²) in [5.41, 5.74) is 0. The molecule has 0 aliphatic carbocycles. The minimum atomic E-state index is -0.152. The molecule has 3 N–H and O–H groups in total. The van der Waals surface area contributed by atoms with Crippen LogP contribution in [0.4, 0.5) is 5.00 Å². The van der Waals surface area contributed by atoms with Gasteiger partial charge in [-0.3, -0.25) is 9.59 Å². The van der Waals surface area contributed by atoms with Crippen LogP contribution in [0.15, 0.2) is 12.1 Å². The number of carbonyl (C=O) groups excluding carboxylic acids is 2. The quantitative estimate of drug-likeness (QED) is 0.732. The summed E-state index contributed by atoms with van der Waals surface area (Å²) in [6, 6.07) is 3.39. The Kier molecular flexibility index (Phi) is 5.80. The van der Waals surface area contributed by atoms with E-state index in [1.165, 1.54) is 18.3 Å². The van der Waals surface area contributed by atoms with Crippen molar-refractivity contribution in [2.24, 2.45) is 5.92 Å². The average molecular weight is 270 g/mol. The maximum absolute atomic E-state index is 11.8. The maximum atomic E-state index is 11.8. The van der Waals surface area contributed by atoms with Gasteiger partial charge in [0.1, 0.15) is 0 Å². The van der Waals surface area contributed by atoms with Crippen molar-refractivity contribution in [3.05, 3.63) is 17.0 Å². The fraction of sp³-hybridized carbons (Fsp3) is 0.500. The molecule has 0 aliphatic rings. The van der Waals surface area contributed by atoms with Gasteiger partial charge in [-0.05, 0) is 24.5 Å². The van der Waals surface area contributed by atoms with Crippen LogP contribution >= 0.6 is 11.3 Å². The van der Waals surface area contributed by atoms with Gasteiger partial charge in [-0.2, -0.15) is 0 Å². The number of thiophene rings is 1. The molecule has 0 aromatic carbocycles. The SMILES string of the molecule is CC(=O)Nc1ccc(C(=O)NCC(C)CCO)s1. The minimum absolute atomic E-state index is 0.128. The van der Waals surface area contributed by atoms with E-state index in [4.69, 9.17) is 5.11 Å². The first-order chi connectivity index (χ1) is 8.52. The molecule has 0 saturated carbocycles. The first-order valence-corrected chi connectivity index (χ1v) is 6.61. The molecule has 0 radical (unpaired) electrons. The smallest absolute Gasteiger partial charge is 0.261 e. The summed E-state index contributed by atoms with van der Waals surface area (Å²) in [5, 5.41) is 14.8. The first kappa shape index (κ1) is 14.7. The number of nitrogens with one attached hydrogen (secondary N) is 2. The van der Waals surface area contributed by atoms with Gasteiger partial charge in [0.2, 0.25) is 5.91 Å². The Balaban J connectivity index is 2.46. The molecule has 1 unspecified atom stereocenters. The van der Waals surface area contributed by atoms with Crippen molar-refractivity contribution in [3.8, 4) is 0 Å². The van der Waals surface area contributed by atoms with Gasteiger partial charge in [0.25, 0.3) is 5.91 Å². The van der Waals surface area contributed by atoms with Crippen molar-refractivity contribution >= 4 is 28.2 Å². The van der Waals surface area contributed by atoms with Gasteiger partial charge in [0.05, 0.1) is 9.88 Å². The van der Waals surface area contributed by atoms with E-state index in [0.717, 1.165) is 0 Å². The van der Waals surface area contributed by atoms with Crippen LogP contribution in [-0.4, -0.2) is 30.1 Å². The zero-order valence-electron chi connectivity index (χ0n) is 10.5. The lowest BCUT2D eigenvalue weighted by atomic mass is 10.1. The lowest BCUT2D eigenvalue weighted by molar-refractivity contribution is -0.114. The number of aliphatic hydroxyl groups excluding tert-OH is 1. The summed E-state index contributed by atoms with van der Waals surface area (Å²) in [5.74, 6) is -0.0597. The van der Waals surface area contributed by atoms with E-state index >= 15 is 0 Å². The van der Waals surface area contributed by atoms with E-state index < -0.39 is 0 Å². The van der Waals surface area contributed by atoms with E-state index in [-0.39, 0.29) is 24.3 Å². The fourth-order valence-corrected chi connectivity index (χ4v) is 2.25. The van der Waals surface area contributed by atoms with Crippen molar-refractivity contribution < 1.29 is 14.7 Å². The predicted molar refractivity (Wildman–Crippen MR) is 71.8 cm³/mol. The van der Waals surface area contributed by atoms with Crippen molar-refractivity contribution in [1.29, 1.82) is 0 Å². The van der Waals surface area contributed by atoms with Crippen molar-refractivity contribution in [3.63, 3.8) is 0 Å². The monoisotopic (exact) mass is 270 g/mol. The normalized spacial score (nSPS) is 11.9. The Bertz CT molecular complexity index is 417. The van der Waals surface area contributed by atoms with E-state index in [1.807, 2.05) is 6.92 Å². The van der Waals surface area contributed by atoms with Crippen LogP contribution < -0.4 is 10.6 Å². The molecule has 0 spiro atoms. The summed E-state index contributed by atoms with van der Waals surface area (Å²) >= 11 is 1.24. The standard InChI is InChI=1S/C12H18N2O3S/c1-8(5-6-15)7-13-12(17)10-3-4-11(18-10)14-9(2)16/h3-4,8,15H,5-7H2,1-2H3,(H,13,17)(H,14,16). The first-order valence-electron chi connectivity index (χ1n) is 5.79. The second kappa shape index (κ2) is 7.13. The van der Waals surface area contributed by atoms with Crippen molar-refractivity contribution in [2.45, 2.75) is 20.3 Å². The highest BCUT2D eigenvalue weighted by atomic mass is 32.1. The van der Waals surface area contributed by atoms with Crippen LogP contribution in [0.3, 0.4) is 0 Å². The Morgan fingerprint density at radius 1 is 1.44 bits per heavy atom. The topological polar surface area (TPSA) is 78.4 Å². The fourth-order valence-electron chi connectivity index (χ4n) is 1.38. The Morgan fingerprint density at radius 2 is 2.17 bits per heavy atom. The third-order valence-corrected chi connectivity index (χ3v) is 3.36. The zero-order chi connectivity index (χ0) is 13.5. The Labute approximate surface area is 110 Å². The van der Waals surface area contributed by atoms with Gasteiger partial charge in [-0.15, -0.1) is 11.3 Å². The highest BCUT2D eigenvalue weighted by Gasteiger charge is 2.10. The van der Waals surface area contributed by atoms with E-state index in [9.17, 15) is 9.59 Å². The van der Waals surface area contributed by atoms with Crippen LogP contribution in [0, 0.1) is 5.92 Å². The number of aliphatic hydroxyl groups is 1. The van der Waals surface area contributed by atoms with E-state index in [0.29, 0.717) is 22.8 Å². The molecular formula is C12H18N2O3S. The molecule has 5 nitrogen and oxygen atoms in total. The zero-order valence-corrected chi connectivity index (χ0v) is 11.3. The molecule has 6 heteroatoms. The summed E-state index contributed by atoms with van der Waals surface area (Å²) in [7, 11) is 0. The summed E-state index contributed by atoms with van der Waals surface area (Å²) in [6.45, 7) is 4.05. The van der Waals surface area contributed by atoms with Gasteiger partial charge >= 0.3 is 0 Å². The highest BCUT2D eigenvalue weighted by molar-refractivity contribution is 7.18. The maximum Gasteiger partial charge on any atom is 0.261 e. The average Bonchev–Trinajstić information content (AvgIpc) is 2.74. The molecule has 1 heterocycles. The van der Waals surface area contributed by atoms with Gasteiger partial charge in [-0.1, -0.05) is 6.92 Å². The van der Waals surface area contributed by atoms with Gasteiger partial charge in [0, 0.05) is 20.1 Å². The van der Waals surface area contributed by atoms with E-state index in [2.05, 4.69) is 10.6 Å². The van der Waals surface area contributed by atoms with Crippen molar-refractivity contribution in [2.75, 3.05) is 18.5 Å². The van der Waals surface area contributed by atoms with E-state index in [1.54, 1.807) is 12.1 Å². The number of rotatable bonds is 6. The number of amides is 2. The molecule has 0 saturated heterocycles. The molecular weight excluding hydrogens is 252 g/mol. The van der Waals surface area contributed by atoms with Gasteiger partial charge < -0.3 is 15.7 Å².